The summed E-state index contributed by atoms with van der Waals surface area (Å²) in [5.74, 6) is -0.314. The highest BCUT2D eigenvalue weighted by atomic mass is 35.5. The van der Waals surface area contributed by atoms with E-state index in [2.05, 4.69) is 10.6 Å². The van der Waals surface area contributed by atoms with Crippen LogP contribution in [0.15, 0.2) is 18.2 Å². The minimum Gasteiger partial charge on any atom is -0.329 e. The molecule has 124 valence electrons. The van der Waals surface area contributed by atoms with Crippen molar-refractivity contribution in [3.05, 3.63) is 23.2 Å². The van der Waals surface area contributed by atoms with Gasteiger partial charge in [-0.05, 0) is 31.0 Å². The molecule has 1 aromatic rings. The van der Waals surface area contributed by atoms with E-state index in [1.54, 1.807) is 18.2 Å². The maximum atomic E-state index is 12.4. The van der Waals surface area contributed by atoms with Crippen molar-refractivity contribution in [1.29, 1.82) is 0 Å². The lowest BCUT2D eigenvalue weighted by atomic mass is 9.81. The van der Waals surface area contributed by atoms with Gasteiger partial charge in [-0.2, -0.15) is 0 Å². The predicted octanol–water partition coefficient (Wildman–Crippen LogP) is 3.42. The number of nitrogens with two attached hydrogens (primary N) is 1. The average Bonchev–Trinajstić information content (AvgIpc) is 2.44. The number of halogens is 2. The molecule has 2 amide bonds. The molecular weight excluding hydrogens is 325 g/mol. The highest BCUT2D eigenvalue weighted by Gasteiger charge is 2.33. The third-order valence-electron chi connectivity index (χ3n) is 3.76. The van der Waals surface area contributed by atoms with Gasteiger partial charge in [0, 0.05) is 19.2 Å². The Bertz CT molecular complexity index is 523. The average molecular weight is 348 g/mol. The monoisotopic (exact) mass is 347 g/mol. The van der Waals surface area contributed by atoms with Crippen molar-refractivity contribution in [2.45, 2.75) is 33.6 Å². The number of benzene rings is 1. The number of anilines is 2. The third-order valence-corrected chi connectivity index (χ3v) is 4.08. The molecule has 5 nitrogen and oxygen atoms in total. The van der Waals surface area contributed by atoms with E-state index in [4.69, 9.17) is 17.3 Å². The Hall–Kier alpha value is -1.30. The van der Waals surface area contributed by atoms with Crippen molar-refractivity contribution in [3.8, 4) is 0 Å². The zero-order chi connectivity index (χ0) is 16.0. The molecule has 0 spiro atoms. The second-order valence-electron chi connectivity index (χ2n) is 5.02. The second kappa shape index (κ2) is 8.98. The molecular formula is C15H23Cl2N3O2. The van der Waals surface area contributed by atoms with Gasteiger partial charge in [0.25, 0.3) is 0 Å². The zero-order valence-electron chi connectivity index (χ0n) is 13.0. The summed E-state index contributed by atoms with van der Waals surface area (Å²) < 4.78 is 0. The lowest BCUT2D eigenvalue weighted by Gasteiger charge is -2.28. The molecule has 0 aliphatic carbocycles. The van der Waals surface area contributed by atoms with Crippen molar-refractivity contribution < 1.29 is 9.59 Å². The smallest absolute Gasteiger partial charge is 0.231 e. The largest absolute Gasteiger partial charge is 0.329 e. The lowest BCUT2D eigenvalue weighted by molar-refractivity contribution is -0.125. The number of hydrogen-bond acceptors (Lipinski definition) is 3. The fourth-order valence-electron chi connectivity index (χ4n) is 2.10. The summed E-state index contributed by atoms with van der Waals surface area (Å²) in [4.78, 5) is 23.4. The summed E-state index contributed by atoms with van der Waals surface area (Å²) in [6.45, 7) is 5.59. The summed E-state index contributed by atoms with van der Waals surface area (Å²) >= 11 is 6.14. The van der Waals surface area contributed by atoms with Crippen LogP contribution in [-0.2, 0) is 9.59 Å². The molecule has 0 saturated heterocycles. The van der Waals surface area contributed by atoms with Crippen molar-refractivity contribution in [2.24, 2.45) is 11.1 Å². The third kappa shape index (κ3) is 4.87. The first-order chi connectivity index (χ1) is 9.88. The van der Waals surface area contributed by atoms with E-state index in [1.807, 2.05) is 13.8 Å². The van der Waals surface area contributed by atoms with Crippen LogP contribution in [0.4, 0.5) is 11.4 Å². The van der Waals surface area contributed by atoms with E-state index in [9.17, 15) is 9.59 Å². The van der Waals surface area contributed by atoms with Crippen LogP contribution in [0.25, 0.3) is 0 Å². The van der Waals surface area contributed by atoms with Crippen LogP contribution < -0.4 is 16.4 Å². The van der Waals surface area contributed by atoms with Crippen molar-refractivity contribution in [3.63, 3.8) is 0 Å². The Labute approximate surface area is 142 Å². The van der Waals surface area contributed by atoms with Gasteiger partial charge in [0.05, 0.1) is 16.1 Å². The summed E-state index contributed by atoms with van der Waals surface area (Å²) in [5, 5.41) is 5.82. The van der Waals surface area contributed by atoms with E-state index in [0.29, 0.717) is 29.2 Å². The Kier molecular flexibility index (Phi) is 8.45. The normalized spacial score (nSPS) is 10.6. The molecule has 1 rings (SSSR count). The fraction of sp³-hybridized carbons (Fsp3) is 0.467. The Morgan fingerprint density at radius 2 is 1.82 bits per heavy atom. The standard InChI is InChI=1S/C15H22ClN3O2.ClH/c1-4-15(5-2,9-17)14(21)19-13-7-6-11(8-12(13)16)18-10(3)20;/h6-8H,4-5,9,17H2,1-3H3,(H,18,20)(H,19,21);1H. The quantitative estimate of drug-likeness (QED) is 0.736. The maximum Gasteiger partial charge on any atom is 0.231 e. The fourth-order valence-corrected chi connectivity index (χ4v) is 2.33. The van der Waals surface area contributed by atoms with Crippen molar-refractivity contribution in [1.82, 2.24) is 0 Å². The van der Waals surface area contributed by atoms with Crippen LogP contribution in [0.2, 0.25) is 5.02 Å². The molecule has 0 fully saturated rings. The number of carbonyl (C=O) groups is 2. The molecule has 0 aliphatic rings. The van der Waals surface area contributed by atoms with Crippen LogP contribution in [0.3, 0.4) is 0 Å². The van der Waals surface area contributed by atoms with E-state index in [1.165, 1.54) is 6.92 Å². The molecule has 0 aliphatic heterocycles. The van der Waals surface area contributed by atoms with Gasteiger partial charge in [0.1, 0.15) is 0 Å². The van der Waals surface area contributed by atoms with Crippen LogP contribution in [-0.4, -0.2) is 18.4 Å². The second-order valence-corrected chi connectivity index (χ2v) is 5.43. The number of hydrogen-bond donors (Lipinski definition) is 3. The van der Waals surface area contributed by atoms with Crippen LogP contribution in [0.5, 0.6) is 0 Å². The van der Waals surface area contributed by atoms with Gasteiger partial charge in [-0.25, -0.2) is 0 Å². The summed E-state index contributed by atoms with van der Waals surface area (Å²) in [6.07, 6.45) is 1.32. The zero-order valence-corrected chi connectivity index (χ0v) is 14.6. The maximum absolute atomic E-state index is 12.4. The first kappa shape index (κ1) is 20.7. The molecule has 0 atom stereocenters. The topological polar surface area (TPSA) is 84.2 Å². The highest BCUT2D eigenvalue weighted by molar-refractivity contribution is 6.34. The molecule has 0 radical (unpaired) electrons. The first-order valence-electron chi connectivity index (χ1n) is 6.97. The van der Waals surface area contributed by atoms with Crippen LogP contribution in [0, 0.1) is 5.41 Å². The summed E-state index contributed by atoms with van der Waals surface area (Å²) in [7, 11) is 0. The van der Waals surface area contributed by atoms with Gasteiger partial charge < -0.3 is 16.4 Å². The van der Waals surface area contributed by atoms with E-state index < -0.39 is 5.41 Å². The molecule has 22 heavy (non-hydrogen) atoms. The van der Waals surface area contributed by atoms with Crippen LogP contribution >= 0.6 is 24.0 Å². The number of nitrogens with one attached hydrogen (secondary N) is 2. The summed E-state index contributed by atoms with van der Waals surface area (Å²) in [6, 6.07) is 4.95. The molecule has 0 aromatic heterocycles. The molecule has 0 unspecified atom stereocenters. The Balaban J connectivity index is 0.00000441. The SMILES string of the molecule is CCC(CC)(CN)C(=O)Nc1ccc(NC(C)=O)cc1Cl.Cl. The van der Waals surface area contributed by atoms with Gasteiger partial charge >= 0.3 is 0 Å². The van der Waals surface area contributed by atoms with Gasteiger partial charge in [-0.3, -0.25) is 9.59 Å². The molecule has 0 saturated carbocycles. The molecule has 4 N–H and O–H groups in total. The van der Waals surface area contributed by atoms with Crippen molar-refractivity contribution in [2.75, 3.05) is 17.2 Å². The van der Waals surface area contributed by atoms with E-state index >= 15 is 0 Å². The van der Waals surface area contributed by atoms with Gasteiger partial charge in [0.15, 0.2) is 0 Å². The van der Waals surface area contributed by atoms with Crippen molar-refractivity contribution >= 4 is 47.2 Å². The van der Waals surface area contributed by atoms with Crippen LogP contribution in [0.1, 0.15) is 33.6 Å². The minimum absolute atomic E-state index is 0. The summed E-state index contributed by atoms with van der Waals surface area (Å²) in [5.41, 5.74) is 6.27. The predicted molar refractivity (Wildman–Crippen MR) is 93.7 cm³/mol. The van der Waals surface area contributed by atoms with E-state index in [-0.39, 0.29) is 30.8 Å². The molecule has 7 heteroatoms. The lowest BCUT2D eigenvalue weighted by Crippen LogP contribution is -2.41. The molecule has 0 heterocycles. The number of rotatable bonds is 6. The van der Waals surface area contributed by atoms with Gasteiger partial charge in [0.2, 0.25) is 11.8 Å². The van der Waals surface area contributed by atoms with E-state index in [0.717, 1.165) is 0 Å². The Morgan fingerprint density at radius 1 is 1.23 bits per heavy atom. The number of amides is 2. The Morgan fingerprint density at radius 3 is 2.23 bits per heavy atom. The van der Waals surface area contributed by atoms with Gasteiger partial charge in [-0.1, -0.05) is 25.4 Å². The number of carbonyl (C=O) groups excluding carboxylic acids is 2. The van der Waals surface area contributed by atoms with Gasteiger partial charge in [-0.15, -0.1) is 12.4 Å². The molecule has 0 bridgehead atoms. The highest BCUT2D eigenvalue weighted by Crippen LogP contribution is 2.30. The minimum atomic E-state index is -0.584. The molecule has 1 aromatic carbocycles. The first-order valence-corrected chi connectivity index (χ1v) is 7.35.